The first-order valence-corrected chi connectivity index (χ1v) is 9.76. The molecule has 0 spiro atoms. The molecule has 0 radical (unpaired) electrons. The first-order valence-electron chi connectivity index (χ1n) is 8.27. The number of sulfone groups is 1. The average molecular weight is 425 g/mol. The molecule has 0 saturated carbocycles. The molecule has 0 aliphatic rings. The molecule has 1 N–H and O–H groups in total. The van der Waals surface area contributed by atoms with Gasteiger partial charge < -0.3 is 5.32 Å². The van der Waals surface area contributed by atoms with Crippen LogP contribution in [0.15, 0.2) is 59.6 Å². The molecule has 0 saturated heterocycles. The highest BCUT2D eigenvalue weighted by molar-refractivity contribution is 7.92. The van der Waals surface area contributed by atoms with E-state index in [-0.39, 0.29) is 12.2 Å². The Morgan fingerprint density at radius 1 is 1.10 bits per heavy atom. The van der Waals surface area contributed by atoms with Crippen LogP contribution in [-0.2, 0) is 16.3 Å². The van der Waals surface area contributed by atoms with Crippen molar-refractivity contribution in [2.75, 3.05) is 11.9 Å². The van der Waals surface area contributed by atoms with E-state index in [2.05, 4.69) is 10.3 Å². The summed E-state index contributed by atoms with van der Waals surface area (Å²) in [6, 6.07) is 11.3. The number of nitrogens with one attached hydrogen (secondary N) is 1. The largest absolute Gasteiger partial charge is 0.501 e. The van der Waals surface area contributed by atoms with Crippen molar-refractivity contribution in [2.45, 2.75) is 16.8 Å². The van der Waals surface area contributed by atoms with Crippen molar-refractivity contribution >= 4 is 32.1 Å². The molecule has 1 heterocycles. The Kier molecular flexibility index (Phi) is 5.42. The number of halogens is 3. The summed E-state index contributed by atoms with van der Waals surface area (Å²) in [5.74, 6) is 0. The number of nitrogens with zero attached hydrogens (tertiary/aromatic N) is 2. The number of benzene rings is 2. The van der Waals surface area contributed by atoms with Gasteiger partial charge in [-0.05, 0) is 30.2 Å². The summed E-state index contributed by atoms with van der Waals surface area (Å²) in [6.45, 7) is 0.224. The summed E-state index contributed by atoms with van der Waals surface area (Å²) in [6.07, 6.45) is 2.08. The Morgan fingerprint density at radius 2 is 1.83 bits per heavy atom. The lowest BCUT2D eigenvalue weighted by atomic mass is 10.1. The fraction of sp³-hybridized carbons (Fsp3) is 0.167. The molecule has 0 aliphatic heterocycles. The van der Waals surface area contributed by atoms with E-state index in [0.29, 0.717) is 18.6 Å². The third kappa shape index (κ3) is 4.14. The van der Waals surface area contributed by atoms with Gasteiger partial charge in [-0.2, -0.15) is 13.2 Å². The van der Waals surface area contributed by atoms with Crippen molar-refractivity contribution in [1.29, 1.82) is 0 Å². The zero-order valence-corrected chi connectivity index (χ0v) is 15.5. The zero-order valence-electron chi connectivity index (χ0n) is 14.7. The van der Waals surface area contributed by atoms with Crippen LogP contribution in [0.5, 0.6) is 0 Å². The summed E-state index contributed by atoms with van der Waals surface area (Å²) < 4.78 is 61.1. The average Bonchev–Trinajstić information content (AvgIpc) is 2.67. The van der Waals surface area contributed by atoms with Crippen molar-refractivity contribution in [1.82, 2.24) is 4.98 Å². The second-order valence-electron chi connectivity index (χ2n) is 6.05. The highest BCUT2D eigenvalue weighted by atomic mass is 32.2. The van der Waals surface area contributed by atoms with Crippen molar-refractivity contribution in [2.24, 2.45) is 0 Å². The number of nitro groups is 1. The highest BCUT2D eigenvalue weighted by Crippen LogP contribution is 2.34. The first-order chi connectivity index (χ1) is 13.6. The summed E-state index contributed by atoms with van der Waals surface area (Å²) in [5, 5.41) is 14.9. The highest BCUT2D eigenvalue weighted by Gasteiger charge is 2.47. The van der Waals surface area contributed by atoms with Crippen molar-refractivity contribution in [3.63, 3.8) is 0 Å². The van der Waals surface area contributed by atoms with Gasteiger partial charge in [0.25, 0.3) is 15.5 Å². The number of hydrogen-bond acceptors (Lipinski definition) is 6. The smallest absolute Gasteiger partial charge is 0.379 e. The molecular formula is C18H14F3N3O4S. The van der Waals surface area contributed by atoms with Crippen LogP contribution >= 0.6 is 0 Å². The maximum absolute atomic E-state index is 12.7. The summed E-state index contributed by atoms with van der Waals surface area (Å²) in [5.41, 5.74) is -4.72. The summed E-state index contributed by atoms with van der Waals surface area (Å²) >= 11 is 0. The van der Waals surface area contributed by atoms with E-state index in [0.717, 1.165) is 22.5 Å². The first kappa shape index (κ1) is 20.5. The van der Waals surface area contributed by atoms with E-state index < -0.39 is 30.9 Å². The predicted octanol–water partition coefficient (Wildman–Crippen LogP) is 4.09. The third-order valence-electron chi connectivity index (χ3n) is 4.21. The molecule has 152 valence electrons. The van der Waals surface area contributed by atoms with E-state index in [1.54, 1.807) is 12.3 Å². The van der Waals surface area contributed by atoms with Gasteiger partial charge in [-0.1, -0.05) is 24.3 Å². The Hall–Kier alpha value is -3.21. The molecule has 11 heteroatoms. The molecule has 3 rings (SSSR count). The summed E-state index contributed by atoms with van der Waals surface area (Å²) in [4.78, 5) is 13.4. The van der Waals surface area contributed by atoms with Crippen LogP contribution in [0.25, 0.3) is 10.9 Å². The van der Waals surface area contributed by atoms with E-state index in [9.17, 15) is 31.7 Å². The van der Waals surface area contributed by atoms with Gasteiger partial charge in [0.15, 0.2) is 0 Å². The molecule has 0 fully saturated rings. The number of anilines is 1. The van der Waals surface area contributed by atoms with E-state index >= 15 is 0 Å². The Morgan fingerprint density at radius 3 is 2.52 bits per heavy atom. The lowest BCUT2D eigenvalue weighted by Crippen LogP contribution is -2.23. The second kappa shape index (κ2) is 7.66. The molecule has 0 unspecified atom stereocenters. The lowest BCUT2D eigenvalue weighted by molar-refractivity contribution is -0.384. The topological polar surface area (TPSA) is 102 Å². The quantitative estimate of drug-likeness (QED) is 0.471. The third-order valence-corrected chi connectivity index (χ3v) is 5.69. The normalized spacial score (nSPS) is 12.1. The standard InChI is InChI=1S/C18H14F3N3O4S/c19-18(20,21)29(27,28)14-6-7-15(16(11-14)24(25)26)22-10-8-13-4-1-3-12-5-2-9-23-17(12)13/h1-7,9,11,22H,8,10H2. The fourth-order valence-corrected chi connectivity index (χ4v) is 3.59. The maximum atomic E-state index is 12.7. The fourth-order valence-electron chi connectivity index (χ4n) is 2.81. The Bertz CT molecular complexity index is 1180. The van der Waals surface area contributed by atoms with Crippen LogP contribution in [-0.4, -0.2) is 30.4 Å². The Labute approximate surface area is 163 Å². The van der Waals surface area contributed by atoms with Crippen molar-refractivity contribution in [3.8, 4) is 0 Å². The minimum atomic E-state index is -5.68. The number of alkyl halides is 3. The molecule has 0 aliphatic carbocycles. The number of fused-ring (bicyclic) bond motifs is 1. The van der Waals surface area contributed by atoms with Gasteiger partial charge >= 0.3 is 5.51 Å². The van der Waals surface area contributed by atoms with E-state index in [1.807, 2.05) is 24.3 Å². The minimum absolute atomic E-state index is 0.0793. The maximum Gasteiger partial charge on any atom is 0.501 e. The predicted molar refractivity (Wildman–Crippen MR) is 100 cm³/mol. The van der Waals surface area contributed by atoms with Gasteiger partial charge in [0, 0.05) is 24.2 Å². The van der Waals surface area contributed by atoms with Crippen LogP contribution in [0.2, 0.25) is 0 Å². The van der Waals surface area contributed by atoms with Gasteiger partial charge in [0.1, 0.15) is 5.69 Å². The van der Waals surface area contributed by atoms with Crippen LogP contribution in [0.1, 0.15) is 5.56 Å². The number of nitro benzene ring substituents is 1. The Balaban J connectivity index is 1.83. The van der Waals surface area contributed by atoms with Crippen LogP contribution in [0.4, 0.5) is 24.5 Å². The van der Waals surface area contributed by atoms with Gasteiger partial charge in [-0.3, -0.25) is 15.1 Å². The molecule has 2 aromatic carbocycles. The molecule has 3 aromatic rings. The van der Waals surface area contributed by atoms with E-state index in [1.165, 1.54) is 0 Å². The van der Waals surface area contributed by atoms with E-state index in [4.69, 9.17) is 0 Å². The van der Waals surface area contributed by atoms with Gasteiger partial charge in [-0.15, -0.1) is 0 Å². The number of aromatic nitrogens is 1. The molecule has 1 aromatic heterocycles. The number of para-hydroxylation sites is 1. The van der Waals surface area contributed by atoms with Crippen LogP contribution in [0.3, 0.4) is 0 Å². The van der Waals surface area contributed by atoms with Crippen molar-refractivity contribution in [3.05, 3.63) is 70.4 Å². The lowest BCUT2D eigenvalue weighted by Gasteiger charge is -2.11. The van der Waals surface area contributed by atoms with Gasteiger partial charge in [0.2, 0.25) is 0 Å². The van der Waals surface area contributed by atoms with Crippen LogP contribution in [0, 0.1) is 10.1 Å². The number of hydrogen-bond donors (Lipinski definition) is 1. The zero-order chi connectivity index (χ0) is 21.2. The number of rotatable bonds is 6. The molecule has 0 bridgehead atoms. The van der Waals surface area contributed by atoms with Gasteiger partial charge in [0.05, 0.1) is 15.3 Å². The van der Waals surface area contributed by atoms with Gasteiger partial charge in [-0.25, -0.2) is 8.42 Å². The second-order valence-corrected chi connectivity index (χ2v) is 8.00. The molecular weight excluding hydrogens is 411 g/mol. The van der Waals surface area contributed by atoms with Crippen molar-refractivity contribution < 1.29 is 26.5 Å². The monoisotopic (exact) mass is 425 g/mol. The minimum Gasteiger partial charge on any atom is -0.379 e. The molecule has 7 nitrogen and oxygen atoms in total. The SMILES string of the molecule is O=[N+]([O-])c1cc(S(=O)(=O)C(F)(F)F)ccc1NCCc1cccc2cccnc12. The molecule has 0 amide bonds. The van der Waals surface area contributed by atoms with Crippen LogP contribution < -0.4 is 5.32 Å². The molecule has 29 heavy (non-hydrogen) atoms. The summed E-state index contributed by atoms with van der Waals surface area (Å²) in [7, 11) is -5.68. The molecule has 0 atom stereocenters. The number of pyridine rings is 1.